The first-order valence-electron chi connectivity index (χ1n) is 13.2. The lowest BCUT2D eigenvalue weighted by Gasteiger charge is -2.35. The van der Waals surface area contributed by atoms with Gasteiger partial charge in [-0.15, -0.1) is 0 Å². The van der Waals surface area contributed by atoms with Crippen LogP contribution in [0.5, 0.6) is 0 Å². The average Bonchev–Trinajstić information content (AvgIpc) is 3.42. The number of para-hydroxylation sites is 1. The molecule has 1 atom stereocenters. The Labute approximate surface area is 221 Å². The predicted octanol–water partition coefficient (Wildman–Crippen LogP) is 6.70. The zero-order valence-electron chi connectivity index (χ0n) is 21.4. The Morgan fingerprint density at radius 2 is 1.30 bits per heavy atom. The van der Waals surface area contributed by atoms with Crippen molar-refractivity contribution in [3.05, 3.63) is 127 Å². The highest BCUT2D eigenvalue weighted by molar-refractivity contribution is 7.80. The van der Waals surface area contributed by atoms with E-state index in [-0.39, 0.29) is 0 Å². The van der Waals surface area contributed by atoms with Gasteiger partial charge in [-0.2, -0.15) is 0 Å². The molecule has 1 heterocycles. The summed E-state index contributed by atoms with van der Waals surface area (Å²) in [6.07, 6.45) is 2.44. The second-order valence-corrected chi connectivity index (χ2v) is 12.1. The number of benzene rings is 5. The zero-order valence-corrected chi connectivity index (χ0v) is 22.3. The third-order valence-electron chi connectivity index (χ3n) is 7.49. The van der Waals surface area contributed by atoms with Crippen molar-refractivity contribution in [2.45, 2.75) is 18.9 Å². The molecule has 0 unspecified atom stereocenters. The van der Waals surface area contributed by atoms with Gasteiger partial charge in [0.25, 0.3) is 0 Å². The molecule has 1 fully saturated rings. The van der Waals surface area contributed by atoms with Crippen LogP contribution < -0.4 is 25.7 Å². The van der Waals surface area contributed by atoms with Gasteiger partial charge in [-0.3, -0.25) is 0 Å². The minimum Gasteiger partial charge on any atom is -0.373 e. The smallest absolute Gasteiger partial charge is 0.0533 e. The molecule has 0 spiro atoms. The Balaban J connectivity index is 1.49. The lowest BCUT2D eigenvalue weighted by molar-refractivity contribution is 0.656. The van der Waals surface area contributed by atoms with E-state index in [4.69, 9.17) is 0 Å². The number of anilines is 2. The van der Waals surface area contributed by atoms with E-state index in [0.29, 0.717) is 6.04 Å². The van der Waals surface area contributed by atoms with Gasteiger partial charge in [-0.05, 0) is 48.9 Å². The van der Waals surface area contributed by atoms with Crippen LogP contribution in [-0.4, -0.2) is 26.2 Å². The minimum atomic E-state index is -0.695. The SMILES string of the molecule is CN(C[C@@H]1CCCN1c1c(P(c2ccccc2)c2ccccc2)ccc2ccccc12)c1ccccc1. The summed E-state index contributed by atoms with van der Waals surface area (Å²) < 4.78 is 0. The van der Waals surface area contributed by atoms with E-state index in [0.717, 1.165) is 13.1 Å². The molecular formula is C34H33N2P. The van der Waals surface area contributed by atoms with E-state index in [9.17, 15) is 0 Å². The fourth-order valence-electron chi connectivity index (χ4n) is 5.73. The maximum Gasteiger partial charge on any atom is 0.0533 e. The lowest BCUT2D eigenvalue weighted by atomic mass is 10.1. The number of hydrogen-bond donors (Lipinski definition) is 0. The fourth-order valence-corrected chi connectivity index (χ4v) is 8.21. The van der Waals surface area contributed by atoms with Gasteiger partial charge >= 0.3 is 0 Å². The summed E-state index contributed by atoms with van der Waals surface area (Å²) >= 11 is 0. The summed E-state index contributed by atoms with van der Waals surface area (Å²) in [6.45, 7) is 2.11. The molecule has 0 aliphatic carbocycles. The Bertz CT molecular complexity index is 1410. The molecule has 0 saturated carbocycles. The van der Waals surface area contributed by atoms with Crippen LogP contribution in [0, 0.1) is 0 Å². The second-order valence-electron chi connectivity index (χ2n) is 9.87. The molecule has 1 aliphatic heterocycles. The van der Waals surface area contributed by atoms with Gasteiger partial charge in [0.15, 0.2) is 0 Å². The molecule has 5 aromatic carbocycles. The van der Waals surface area contributed by atoms with Gasteiger partial charge in [-0.1, -0.05) is 115 Å². The predicted molar refractivity (Wildman–Crippen MR) is 163 cm³/mol. The van der Waals surface area contributed by atoms with Gasteiger partial charge < -0.3 is 9.80 Å². The molecule has 0 N–H and O–H groups in total. The van der Waals surface area contributed by atoms with Crippen molar-refractivity contribution in [1.82, 2.24) is 0 Å². The van der Waals surface area contributed by atoms with E-state index in [1.54, 1.807) is 0 Å². The van der Waals surface area contributed by atoms with Crippen LogP contribution in [0.2, 0.25) is 0 Å². The average molecular weight is 501 g/mol. The molecule has 1 aliphatic rings. The van der Waals surface area contributed by atoms with Gasteiger partial charge in [0.05, 0.1) is 5.69 Å². The Morgan fingerprint density at radius 3 is 1.97 bits per heavy atom. The molecule has 184 valence electrons. The van der Waals surface area contributed by atoms with Crippen molar-refractivity contribution in [3.8, 4) is 0 Å². The van der Waals surface area contributed by atoms with Crippen molar-refractivity contribution in [2.24, 2.45) is 0 Å². The number of rotatable bonds is 7. The monoisotopic (exact) mass is 500 g/mol. The summed E-state index contributed by atoms with van der Waals surface area (Å²) in [5, 5.41) is 6.95. The first-order chi connectivity index (χ1) is 18.3. The van der Waals surface area contributed by atoms with Crippen molar-refractivity contribution >= 4 is 46.0 Å². The molecule has 0 radical (unpaired) electrons. The highest BCUT2D eigenvalue weighted by Crippen LogP contribution is 2.42. The topological polar surface area (TPSA) is 6.48 Å². The largest absolute Gasteiger partial charge is 0.373 e. The first kappa shape index (κ1) is 23.8. The zero-order chi connectivity index (χ0) is 25.0. The minimum absolute atomic E-state index is 0.471. The summed E-state index contributed by atoms with van der Waals surface area (Å²) in [5.74, 6) is 0. The van der Waals surface area contributed by atoms with Gasteiger partial charge in [0, 0.05) is 42.6 Å². The quantitative estimate of drug-likeness (QED) is 0.229. The second kappa shape index (κ2) is 10.8. The van der Waals surface area contributed by atoms with Crippen LogP contribution in [0.1, 0.15) is 12.8 Å². The Hall–Kier alpha value is -3.61. The van der Waals surface area contributed by atoms with E-state index >= 15 is 0 Å². The van der Waals surface area contributed by atoms with E-state index in [1.165, 1.54) is 50.9 Å². The molecular weight excluding hydrogens is 467 g/mol. The summed E-state index contributed by atoms with van der Waals surface area (Å²) in [5.41, 5.74) is 2.71. The molecule has 0 bridgehead atoms. The first-order valence-corrected chi connectivity index (χ1v) is 14.6. The Morgan fingerprint density at radius 1 is 0.703 bits per heavy atom. The number of fused-ring (bicyclic) bond motifs is 1. The standard InChI is InChI=1S/C34H33N2P/c1-35(28-15-5-2-6-16-28)26-29-17-13-25-36(29)34-32-22-12-11-14-27(32)23-24-33(34)37(30-18-7-3-8-19-30)31-20-9-4-10-21-31/h2-12,14-16,18-24,29H,13,17,25-26H2,1H3/t29-/m0/s1. The number of nitrogens with zero attached hydrogens (tertiary/aromatic N) is 2. The number of hydrogen-bond acceptors (Lipinski definition) is 2. The van der Waals surface area contributed by atoms with Crippen molar-refractivity contribution in [3.63, 3.8) is 0 Å². The molecule has 1 saturated heterocycles. The van der Waals surface area contributed by atoms with E-state index in [1.807, 2.05) is 0 Å². The molecule has 6 rings (SSSR count). The molecule has 0 aromatic heterocycles. The van der Waals surface area contributed by atoms with Crippen molar-refractivity contribution < 1.29 is 0 Å². The van der Waals surface area contributed by atoms with Crippen molar-refractivity contribution in [2.75, 3.05) is 29.9 Å². The van der Waals surface area contributed by atoms with Crippen LogP contribution in [0.25, 0.3) is 10.8 Å². The van der Waals surface area contributed by atoms with Gasteiger partial charge in [0.1, 0.15) is 0 Å². The fraction of sp³-hybridized carbons (Fsp3) is 0.176. The van der Waals surface area contributed by atoms with Crippen LogP contribution in [0.15, 0.2) is 127 Å². The highest BCUT2D eigenvalue weighted by Gasteiger charge is 2.31. The maximum absolute atomic E-state index is 2.73. The molecule has 5 aromatic rings. The summed E-state index contributed by atoms with van der Waals surface area (Å²) in [4.78, 5) is 5.16. The van der Waals surface area contributed by atoms with Crippen LogP contribution >= 0.6 is 7.92 Å². The highest BCUT2D eigenvalue weighted by atomic mass is 31.1. The molecule has 37 heavy (non-hydrogen) atoms. The van der Waals surface area contributed by atoms with E-state index in [2.05, 4.69) is 144 Å². The third-order valence-corrected chi connectivity index (χ3v) is 9.97. The van der Waals surface area contributed by atoms with Gasteiger partial charge in [-0.25, -0.2) is 0 Å². The lowest BCUT2D eigenvalue weighted by Crippen LogP contribution is -2.41. The summed E-state index contributed by atoms with van der Waals surface area (Å²) in [7, 11) is 1.54. The third kappa shape index (κ3) is 4.87. The normalized spacial score (nSPS) is 15.4. The van der Waals surface area contributed by atoms with E-state index < -0.39 is 7.92 Å². The summed E-state index contributed by atoms with van der Waals surface area (Å²) in [6, 6.07) is 47.2. The Kier molecular flexibility index (Phi) is 6.93. The van der Waals surface area contributed by atoms with Gasteiger partial charge in [0.2, 0.25) is 0 Å². The molecule has 0 amide bonds. The van der Waals surface area contributed by atoms with Crippen LogP contribution in [-0.2, 0) is 0 Å². The van der Waals surface area contributed by atoms with Crippen LogP contribution in [0.3, 0.4) is 0 Å². The number of likely N-dealkylation sites (N-methyl/N-ethyl adjacent to an activating group) is 1. The molecule has 3 heteroatoms. The maximum atomic E-state index is 2.73. The van der Waals surface area contributed by atoms with Crippen LogP contribution in [0.4, 0.5) is 11.4 Å². The van der Waals surface area contributed by atoms with Crippen molar-refractivity contribution in [1.29, 1.82) is 0 Å². The molecule has 2 nitrogen and oxygen atoms in total.